The van der Waals surface area contributed by atoms with Crippen LogP contribution in [0.15, 0.2) is 34.9 Å². The predicted molar refractivity (Wildman–Crippen MR) is 73.2 cm³/mol. The van der Waals surface area contributed by atoms with Gasteiger partial charge < -0.3 is 19.1 Å². The Hall–Kier alpha value is -1.85. The van der Waals surface area contributed by atoms with Gasteiger partial charge in [-0.3, -0.25) is 0 Å². The van der Waals surface area contributed by atoms with Gasteiger partial charge in [0.2, 0.25) is 0 Å². The van der Waals surface area contributed by atoms with Crippen molar-refractivity contribution in [3.63, 3.8) is 0 Å². The molecule has 2 rings (SSSR count). The van der Waals surface area contributed by atoms with E-state index >= 15 is 0 Å². The van der Waals surface area contributed by atoms with Crippen molar-refractivity contribution in [3.05, 3.63) is 47.3 Å². The van der Waals surface area contributed by atoms with Crippen LogP contribution in [0.2, 0.25) is 0 Å². The van der Waals surface area contributed by atoms with Crippen molar-refractivity contribution in [2.75, 3.05) is 7.11 Å². The molecule has 0 unspecified atom stereocenters. The van der Waals surface area contributed by atoms with Crippen LogP contribution in [0.4, 0.5) is 0 Å². The number of aromatic nitrogens is 1. The number of hydrogen-bond acceptors (Lipinski definition) is 5. The lowest BCUT2D eigenvalue weighted by atomic mass is 10.1. The lowest BCUT2D eigenvalue weighted by molar-refractivity contribution is 0.155. The molecule has 2 aromatic rings. The molecule has 0 aliphatic heterocycles. The molecule has 20 heavy (non-hydrogen) atoms. The van der Waals surface area contributed by atoms with Crippen molar-refractivity contribution in [2.24, 2.45) is 0 Å². The molecule has 0 aliphatic carbocycles. The van der Waals surface area contributed by atoms with Gasteiger partial charge >= 0.3 is 0 Å². The van der Waals surface area contributed by atoms with E-state index in [2.05, 4.69) is 5.16 Å². The molecule has 5 heteroatoms. The summed E-state index contributed by atoms with van der Waals surface area (Å²) in [5, 5.41) is 13.6. The maximum absolute atomic E-state index is 9.71. The van der Waals surface area contributed by atoms with Crippen LogP contribution in [0.5, 0.6) is 5.75 Å². The number of rotatable bonds is 7. The van der Waals surface area contributed by atoms with Crippen LogP contribution < -0.4 is 4.74 Å². The maximum atomic E-state index is 9.71. The molecule has 1 heterocycles. The molecular formula is C15H19NO4. The highest BCUT2D eigenvalue weighted by atomic mass is 16.5. The van der Waals surface area contributed by atoms with Gasteiger partial charge in [-0.05, 0) is 24.1 Å². The Labute approximate surface area is 118 Å². The average Bonchev–Trinajstić information content (AvgIpc) is 2.93. The molecular weight excluding hydrogens is 258 g/mol. The SMILES string of the molecule is CC[C@H](O)c1ccc(OCc2cc(COC)on2)cc1. The third-order valence-corrected chi connectivity index (χ3v) is 2.93. The van der Waals surface area contributed by atoms with Crippen molar-refractivity contribution < 1.29 is 19.1 Å². The molecule has 0 amide bonds. The number of benzene rings is 1. The van der Waals surface area contributed by atoms with E-state index in [4.69, 9.17) is 14.0 Å². The summed E-state index contributed by atoms with van der Waals surface area (Å²) in [5.74, 6) is 1.40. The Bertz CT molecular complexity index is 521. The minimum Gasteiger partial charge on any atom is -0.487 e. The zero-order chi connectivity index (χ0) is 14.4. The summed E-state index contributed by atoms with van der Waals surface area (Å²) in [6, 6.07) is 9.21. The highest BCUT2D eigenvalue weighted by Crippen LogP contribution is 2.20. The van der Waals surface area contributed by atoms with Crippen LogP contribution in [0.1, 0.15) is 36.5 Å². The fourth-order valence-electron chi connectivity index (χ4n) is 1.81. The van der Waals surface area contributed by atoms with Gasteiger partial charge in [-0.1, -0.05) is 24.2 Å². The van der Waals surface area contributed by atoms with E-state index in [0.29, 0.717) is 25.4 Å². The monoisotopic (exact) mass is 277 g/mol. The van der Waals surface area contributed by atoms with Gasteiger partial charge in [0.25, 0.3) is 0 Å². The normalized spacial score (nSPS) is 12.3. The Morgan fingerprint density at radius 2 is 2.00 bits per heavy atom. The second kappa shape index (κ2) is 7.07. The standard InChI is InChI=1S/C15H19NO4/c1-3-15(17)11-4-6-13(7-5-11)19-9-12-8-14(10-18-2)20-16-12/h4-8,15,17H,3,9-10H2,1-2H3/t15-/m0/s1. The van der Waals surface area contributed by atoms with Gasteiger partial charge in [-0.25, -0.2) is 0 Å². The topological polar surface area (TPSA) is 64.7 Å². The number of hydrogen-bond donors (Lipinski definition) is 1. The van der Waals surface area contributed by atoms with Crippen LogP contribution >= 0.6 is 0 Å². The number of ether oxygens (including phenoxy) is 2. The van der Waals surface area contributed by atoms with Gasteiger partial charge in [0, 0.05) is 13.2 Å². The van der Waals surface area contributed by atoms with Crippen LogP contribution in [0.25, 0.3) is 0 Å². The number of nitrogens with zero attached hydrogens (tertiary/aromatic N) is 1. The predicted octanol–water partition coefficient (Wildman–Crippen LogP) is 2.84. The molecule has 1 aromatic heterocycles. The first-order valence-electron chi connectivity index (χ1n) is 6.57. The number of aliphatic hydroxyl groups is 1. The van der Waals surface area contributed by atoms with E-state index in [1.54, 1.807) is 13.2 Å². The third kappa shape index (κ3) is 3.82. The second-order valence-electron chi connectivity index (χ2n) is 4.50. The molecule has 1 atom stereocenters. The van der Waals surface area contributed by atoms with E-state index in [1.807, 2.05) is 31.2 Å². The van der Waals surface area contributed by atoms with Crippen LogP contribution in [0, 0.1) is 0 Å². The molecule has 0 bridgehead atoms. The first-order chi connectivity index (χ1) is 9.72. The molecule has 1 N–H and O–H groups in total. The maximum Gasteiger partial charge on any atom is 0.162 e. The average molecular weight is 277 g/mol. The molecule has 108 valence electrons. The first kappa shape index (κ1) is 14.6. The smallest absolute Gasteiger partial charge is 0.162 e. The first-order valence-corrected chi connectivity index (χ1v) is 6.57. The van der Waals surface area contributed by atoms with Crippen molar-refractivity contribution in [1.29, 1.82) is 0 Å². The van der Waals surface area contributed by atoms with Gasteiger partial charge in [-0.15, -0.1) is 0 Å². The lowest BCUT2D eigenvalue weighted by Gasteiger charge is -2.09. The van der Waals surface area contributed by atoms with Gasteiger partial charge in [0.05, 0.1) is 6.10 Å². The van der Waals surface area contributed by atoms with Crippen LogP contribution in [-0.2, 0) is 18.0 Å². The Morgan fingerprint density at radius 1 is 1.25 bits per heavy atom. The summed E-state index contributed by atoms with van der Waals surface area (Å²) < 4.78 is 15.6. The minimum atomic E-state index is -0.420. The highest BCUT2D eigenvalue weighted by molar-refractivity contribution is 5.28. The van der Waals surface area contributed by atoms with E-state index in [0.717, 1.165) is 17.0 Å². The van der Waals surface area contributed by atoms with Gasteiger partial charge in [0.15, 0.2) is 5.76 Å². The number of aliphatic hydroxyl groups excluding tert-OH is 1. The summed E-state index contributed by atoms with van der Waals surface area (Å²) in [7, 11) is 1.60. The Kier molecular flexibility index (Phi) is 5.15. The van der Waals surface area contributed by atoms with Crippen LogP contribution in [0.3, 0.4) is 0 Å². The molecule has 0 saturated carbocycles. The molecule has 0 saturated heterocycles. The number of methoxy groups -OCH3 is 1. The van der Waals surface area contributed by atoms with Gasteiger partial charge in [0.1, 0.15) is 24.7 Å². The Balaban J connectivity index is 1.89. The fraction of sp³-hybridized carbons (Fsp3) is 0.400. The Morgan fingerprint density at radius 3 is 2.65 bits per heavy atom. The van der Waals surface area contributed by atoms with Crippen molar-refractivity contribution in [3.8, 4) is 5.75 Å². The summed E-state index contributed by atoms with van der Waals surface area (Å²) >= 11 is 0. The second-order valence-corrected chi connectivity index (χ2v) is 4.50. The highest BCUT2D eigenvalue weighted by Gasteiger charge is 2.06. The fourth-order valence-corrected chi connectivity index (χ4v) is 1.81. The quantitative estimate of drug-likeness (QED) is 0.843. The molecule has 0 fully saturated rings. The van der Waals surface area contributed by atoms with Crippen molar-refractivity contribution in [1.82, 2.24) is 5.16 Å². The van der Waals surface area contributed by atoms with Gasteiger partial charge in [-0.2, -0.15) is 0 Å². The summed E-state index contributed by atoms with van der Waals surface area (Å²) in [6.45, 7) is 2.68. The largest absolute Gasteiger partial charge is 0.487 e. The van der Waals surface area contributed by atoms with E-state index in [-0.39, 0.29) is 0 Å². The van der Waals surface area contributed by atoms with Crippen molar-refractivity contribution >= 4 is 0 Å². The van der Waals surface area contributed by atoms with E-state index < -0.39 is 6.10 Å². The molecule has 5 nitrogen and oxygen atoms in total. The molecule has 0 radical (unpaired) electrons. The third-order valence-electron chi connectivity index (χ3n) is 2.93. The summed E-state index contributed by atoms with van der Waals surface area (Å²) in [5.41, 5.74) is 1.61. The zero-order valence-electron chi connectivity index (χ0n) is 11.7. The summed E-state index contributed by atoms with van der Waals surface area (Å²) in [6.07, 6.45) is 0.276. The minimum absolute atomic E-state index is 0.336. The molecule has 0 aliphatic rings. The van der Waals surface area contributed by atoms with Crippen molar-refractivity contribution in [2.45, 2.75) is 32.7 Å². The molecule has 1 aromatic carbocycles. The lowest BCUT2D eigenvalue weighted by Crippen LogP contribution is -1.97. The van der Waals surface area contributed by atoms with E-state index in [9.17, 15) is 5.11 Å². The van der Waals surface area contributed by atoms with E-state index in [1.165, 1.54) is 0 Å². The zero-order valence-corrected chi connectivity index (χ0v) is 11.7. The molecule has 0 spiro atoms. The van der Waals surface area contributed by atoms with Crippen LogP contribution in [-0.4, -0.2) is 17.4 Å². The summed E-state index contributed by atoms with van der Waals surface area (Å²) in [4.78, 5) is 0.